The van der Waals surface area contributed by atoms with Crippen molar-refractivity contribution in [1.82, 2.24) is 0 Å². The highest BCUT2D eigenvalue weighted by atomic mass is 19.1. The first-order valence-electron chi connectivity index (χ1n) is 6.28. The average molecular weight is 270 g/mol. The second-order valence-electron chi connectivity index (χ2n) is 4.33. The number of nitriles is 1. The van der Waals surface area contributed by atoms with Gasteiger partial charge in [-0.3, -0.25) is 0 Å². The molecule has 0 saturated carbocycles. The molecule has 0 saturated heterocycles. The molecule has 0 radical (unpaired) electrons. The molecule has 0 aliphatic carbocycles. The summed E-state index contributed by atoms with van der Waals surface area (Å²) >= 11 is 0. The van der Waals surface area contributed by atoms with E-state index in [0.717, 1.165) is 17.7 Å². The molecule has 0 spiro atoms. The van der Waals surface area contributed by atoms with Crippen LogP contribution in [0.25, 0.3) is 0 Å². The van der Waals surface area contributed by atoms with Gasteiger partial charge in [-0.2, -0.15) is 5.26 Å². The molecule has 1 N–H and O–H groups in total. The van der Waals surface area contributed by atoms with Crippen LogP contribution in [0.5, 0.6) is 0 Å². The number of anilines is 2. The van der Waals surface area contributed by atoms with Gasteiger partial charge in [-0.1, -0.05) is 18.2 Å². The molecule has 2 aromatic carbocycles. The van der Waals surface area contributed by atoms with Gasteiger partial charge in [-0.15, -0.1) is 0 Å². The minimum atomic E-state index is -0.521. The van der Waals surface area contributed by atoms with Gasteiger partial charge in [0.2, 0.25) is 0 Å². The Hall–Kier alpha value is -2.38. The summed E-state index contributed by atoms with van der Waals surface area (Å²) in [4.78, 5) is 0. The van der Waals surface area contributed by atoms with E-state index in [4.69, 9.17) is 10.00 Å². The van der Waals surface area contributed by atoms with Gasteiger partial charge in [0.25, 0.3) is 0 Å². The van der Waals surface area contributed by atoms with Gasteiger partial charge in [-0.25, -0.2) is 4.39 Å². The molecule has 0 unspecified atom stereocenters. The number of nitrogens with one attached hydrogen (secondary N) is 1. The van der Waals surface area contributed by atoms with Crippen molar-refractivity contribution >= 4 is 11.4 Å². The smallest absolute Gasteiger partial charge is 0.143 e. The van der Waals surface area contributed by atoms with Crippen LogP contribution >= 0.6 is 0 Å². The molecule has 20 heavy (non-hydrogen) atoms. The van der Waals surface area contributed by atoms with E-state index in [1.807, 2.05) is 24.3 Å². The topological polar surface area (TPSA) is 45.0 Å². The third-order valence-electron chi connectivity index (χ3n) is 2.96. The van der Waals surface area contributed by atoms with Gasteiger partial charge in [0.15, 0.2) is 0 Å². The molecule has 0 aliphatic heterocycles. The van der Waals surface area contributed by atoms with E-state index in [2.05, 4.69) is 5.32 Å². The van der Waals surface area contributed by atoms with Gasteiger partial charge in [-0.05, 0) is 36.2 Å². The van der Waals surface area contributed by atoms with Crippen LogP contribution in [0.15, 0.2) is 42.5 Å². The Morgan fingerprint density at radius 2 is 2.05 bits per heavy atom. The van der Waals surface area contributed by atoms with Gasteiger partial charge in [0.05, 0.1) is 12.2 Å². The van der Waals surface area contributed by atoms with E-state index in [0.29, 0.717) is 12.3 Å². The summed E-state index contributed by atoms with van der Waals surface area (Å²) in [6.45, 7) is 0.625. The molecule has 4 heteroatoms. The fraction of sp³-hybridized carbons (Fsp3) is 0.188. The predicted molar refractivity (Wildman–Crippen MR) is 76.4 cm³/mol. The van der Waals surface area contributed by atoms with Crippen LogP contribution in [0.4, 0.5) is 15.8 Å². The van der Waals surface area contributed by atoms with Crippen LogP contribution in [0, 0.1) is 17.1 Å². The molecule has 102 valence electrons. The van der Waals surface area contributed by atoms with E-state index in [9.17, 15) is 4.39 Å². The molecule has 0 atom stereocenters. The first-order chi connectivity index (χ1) is 9.74. The molecule has 2 aromatic rings. The zero-order valence-electron chi connectivity index (χ0n) is 11.2. The van der Waals surface area contributed by atoms with Crippen LogP contribution in [0.3, 0.4) is 0 Å². The zero-order chi connectivity index (χ0) is 14.4. The highest BCUT2D eigenvalue weighted by Gasteiger charge is 2.05. The standard InChI is InChI=1S/C16H15FN2O/c1-20-9-8-12-4-2-3-5-16(12)19-14-7-6-13(11-18)15(17)10-14/h2-7,10,19H,8-9H2,1H3. The molecular weight excluding hydrogens is 255 g/mol. The minimum Gasteiger partial charge on any atom is -0.384 e. The van der Waals surface area contributed by atoms with Crippen molar-refractivity contribution in [3.8, 4) is 6.07 Å². The summed E-state index contributed by atoms with van der Waals surface area (Å²) in [5.41, 5.74) is 2.67. The molecule has 0 aromatic heterocycles. The summed E-state index contributed by atoms with van der Waals surface area (Å²) in [5, 5.41) is 11.9. The molecular formula is C16H15FN2O. The van der Waals surface area contributed by atoms with Crippen molar-refractivity contribution in [1.29, 1.82) is 5.26 Å². The lowest BCUT2D eigenvalue weighted by atomic mass is 10.1. The molecule has 0 aliphatic rings. The second-order valence-corrected chi connectivity index (χ2v) is 4.33. The number of hydrogen-bond donors (Lipinski definition) is 1. The zero-order valence-corrected chi connectivity index (χ0v) is 11.2. The Bertz CT molecular complexity index is 635. The number of para-hydroxylation sites is 1. The minimum absolute atomic E-state index is 0.0446. The molecule has 2 rings (SSSR count). The fourth-order valence-electron chi connectivity index (χ4n) is 1.91. The van der Waals surface area contributed by atoms with Gasteiger partial charge in [0.1, 0.15) is 11.9 Å². The highest BCUT2D eigenvalue weighted by molar-refractivity contribution is 5.64. The number of rotatable bonds is 5. The summed E-state index contributed by atoms with van der Waals surface area (Å²) in [6.07, 6.45) is 0.776. The SMILES string of the molecule is COCCc1ccccc1Nc1ccc(C#N)c(F)c1. The Morgan fingerprint density at radius 1 is 1.25 bits per heavy atom. The Morgan fingerprint density at radius 3 is 2.75 bits per heavy atom. The van der Waals surface area contributed by atoms with E-state index < -0.39 is 5.82 Å². The lowest BCUT2D eigenvalue weighted by molar-refractivity contribution is 0.202. The number of benzene rings is 2. The van der Waals surface area contributed by atoms with Crippen molar-refractivity contribution < 1.29 is 9.13 Å². The average Bonchev–Trinajstić information content (AvgIpc) is 2.46. The molecule has 0 amide bonds. The summed E-state index contributed by atoms with van der Waals surface area (Å²) in [5.74, 6) is -0.521. The maximum Gasteiger partial charge on any atom is 0.143 e. The lowest BCUT2D eigenvalue weighted by Crippen LogP contribution is -2.00. The van der Waals surface area contributed by atoms with Gasteiger partial charge < -0.3 is 10.1 Å². The van der Waals surface area contributed by atoms with Crippen molar-refractivity contribution in [3.05, 3.63) is 59.4 Å². The lowest BCUT2D eigenvalue weighted by Gasteiger charge is -2.12. The Labute approximate surface area is 117 Å². The number of ether oxygens (including phenoxy) is 1. The fourth-order valence-corrected chi connectivity index (χ4v) is 1.91. The summed E-state index contributed by atoms with van der Waals surface area (Å²) in [7, 11) is 1.66. The third-order valence-corrected chi connectivity index (χ3v) is 2.96. The normalized spacial score (nSPS) is 10.1. The molecule has 3 nitrogen and oxygen atoms in total. The van der Waals surface area contributed by atoms with Crippen molar-refractivity contribution in [2.75, 3.05) is 19.0 Å². The molecule has 0 heterocycles. The second kappa shape index (κ2) is 6.69. The maximum absolute atomic E-state index is 13.6. The Balaban J connectivity index is 2.22. The number of nitrogens with zero attached hydrogens (tertiary/aromatic N) is 1. The van der Waals surface area contributed by atoms with Crippen LogP contribution in [-0.2, 0) is 11.2 Å². The van der Waals surface area contributed by atoms with Crippen LogP contribution in [0.2, 0.25) is 0 Å². The molecule has 0 bridgehead atoms. The van der Waals surface area contributed by atoms with Crippen molar-refractivity contribution in [3.63, 3.8) is 0 Å². The largest absolute Gasteiger partial charge is 0.384 e. The van der Waals surface area contributed by atoms with Gasteiger partial charge in [0, 0.05) is 18.5 Å². The van der Waals surface area contributed by atoms with Crippen LogP contribution < -0.4 is 5.32 Å². The number of hydrogen-bond acceptors (Lipinski definition) is 3. The quantitative estimate of drug-likeness (QED) is 0.902. The van der Waals surface area contributed by atoms with Gasteiger partial charge >= 0.3 is 0 Å². The maximum atomic E-state index is 13.6. The third kappa shape index (κ3) is 3.34. The number of methoxy groups -OCH3 is 1. The Kier molecular flexibility index (Phi) is 4.70. The van der Waals surface area contributed by atoms with Crippen molar-refractivity contribution in [2.45, 2.75) is 6.42 Å². The summed E-state index contributed by atoms with van der Waals surface area (Å²) < 4.78 is 18.7. The van der Waals surface area contributed by atoms with Crippen LogP contribution in [-0.4, -0.2) is 13.7 Å². The van der Waals surface area contributed by atoms with E-state index in [1.165, 1.54) is 12.1 Å². The van der Waals surface area contributed by atoms with Crippen LogP contribution in [0.1, 0.15) is 11.1 Å². The predicted octanol–water partition coefficient (Wildman–Crippen LogP) is 3.63. The monoisotopic (exact) mass is 270 g/mol. The van der Waals surface area contributed by atoms with E-state index in [1.54, 1.807) is 19.2 Å². The molecule has 0 fully saturated rings. The highest BCUT2D eigenvalue weighted by Crippen LogP contribution is 2.22. The number of halogens is 1. The van der Waals surface area contributed by atoms with Crippen molar-refractivity contribution in [2.24, 2.45) is 0 Å². The van der Waals surface area contributed by atoms with E-state index in [-0.39, 0.29) is 5.56 Å². The summed E-state index contributed by atoms with van der Waals surface area (Å²) in [6, 6.07) is 14.1. The first kappa shape index (κ1) is 14.0. The van der Waals surface area contributed by atoms with E-state index >= 15 is 0 Å². The first-order valence-corrected chi connectivity index (χ1v) is 6.28.